The summed E-state index contributed by atoms with van der Waals surface area (Å²) in [4.78, 5) is 22.3. The van der Waals surface area contributed by atoms with E-state index in [1.165, 1.54) is 0 Å². The Hall–Kier alpha value is -2.37. The topological polar surface area (TPSA) is 111 Å². The molecule has 1 amide bonds. The number of anilines is 1. The van der Waals surface area contributed by atoms with Crippen molar-refractivity contribution in [1.29, 1.82) is 0 Å². The summed E-state index contributed by atoms with van der Waals surface area (Å²) in [6.45, 7) is 1.67. The standard InChI is InChI=1S/C10H11N5O/c1-5-7(9(12)16)8(11)15-10(14-5)6-3-2-4-13-6/h2-4,13H,1H3,(H2,12,16)(H2,11,14,15). The zero-order valence-corrected chi connectivity index (χ0v) is 8.69. The van der Waals surface area contributed by atoms with Crippen LogP contribution in [-0.4, -0.2) is 20.9 Å². The van der Waals surface area contributed by atoms with E-state index in [0.29, 0.717) is 11.5 Å². The summed E-state index contributed by atoms with van der Waals surface area (Å²) in [5, 5.41) is 0. The Balaban J connectivity index is 2.58. The lowest BCUT2D eigenvalue weighted by molar-refractivity contribution is 0.1000. The van der Waals surface area contributed by atoms with Crippen LogP contribution in [0, 0.1) is 6.92 Å². The van der Waals surface area contributed by atoms with Gasteiger partial charge in [0.15, 0.2) is 5.82 Å². The second-order valence-corrected chi connectivity index (χ2v) is 3.34. The number of hydrogen-bond donors (Lipinski definition) is 3. The van der Waals surface area contributed by atoms with Gasteiger partial charge in [0.1, 0.15) is 11.4 Å². The molecule has 0 atom stereocenters. The molecule has 82 valence electrons. The second kappa shape index (κ2) is 3.65. The van der Waals surface area contributed by atoms with Gasteiger partial charge in [0.2, 0.25) is 0 Å². The van der Waals surface area contributed by atoms with Crippen molar-refractivity contribution in [2.75, 3.05) is 5.73 Å². The molecule has 0 unspecified atom stereocenters. The van der Waals surface area contributed by atoms with Crippen LogP contribution in [0.3, 0.4) is 0 Å². The van der Waals surface area contributed by atoms with Crippen molar-refractivity contribution in [1.82, 2.24) is 15.0 Å². The van der Waals surface area contributed by atoms with Crippen molar-refractivity contribution in [3.8, 4) is 11.5 Å². The Kier molecular flexibility index (Phi) is 2.32. The van der Waals surface area contributed by atoms with Crippen LogP contribution in [0.5, 0.6) is 0 Å². The number of nitrogens with one attached hydrogen (secondary N) is 1. The summed E-state index contributed by atoms with van der Waals surface area (Å²) in [6, 6.07) is 3.64. The number of rotatable bonds is 2. The van der Waals surface area contributed by atoms with Gasteiger partial charge in [-0.3, -0.25) is 4.79 Å². The second-order valence-electron chi connectivity index (χ2n) is 3.34. The number of carbonyl (C=O) groups excluding carboxylic acids is 1. The number of nitrogens with two attached hydrogens (primary N) is 2. The first-order valence-corrected chi connectivity index (χ1v) is 4.67. The fourth-order valence-electron chi connectivity index (χ4n) is 1.49. The number of carbonyl (C=O) groups is 1. The minimum atomic E-state index is -0.618. The van der Waals surface area contributed by atoms with Gasteiger partial charge in [-0.1, -0.05) is 0 Å². The molecule has 2 heterocycles. The third-order valence-corrected chi connectivity index (χ3v) is 2.20. The molecule has 0 spiro atoms. The monoisotopic (exact) mass is 217 g/mol. The lowest BCUT2D eigenvalue weighted by Crippen LogP contribution is -2.17. The van der Waals surface area contributed by atoms with Crippen LogP contribution >= 0.6 is 0 Å². The first kappa shape index (κ1) is 10.2. The minimum absolute atomic E-state index is 0.101. The zero-order valence-electron chi connectivity index (χ0n) is 8.69. The van der Waals surface area contributed by atoms with Crippen LogP contribution in [0.1, 0.15) is 16.1 Å². The third-order valence-electron chi connectivity index (χ3n) is 2.20. The number of H-pyrrole nitrogens is 1. The van der Waals surface area contributed by atoms with Crippen molar-refractivity contribution < 1.29 is 4.79 Å². The Labute approximate surface area is 91.7 Å². The van der Waals surface area contributed by atoms with E-state index in [1.807, 2.05) is 12.1 Å². The first-order chi connectivity index (χ1) is 7.59. The minimum Gasteiger partial charge on any atom is -0.383 e. The van der Waals surface area contributed by atoms with Gasteiger partial charge in [-0.25, -0.2) is 9.97 Å². The molecule has 6 heteroatoms. The normalized spacial score (nSPS) is 10.3. The van der Waals surface area contributed by atoms with Crippen LogP contribution in [0.2, 0.25) is 0 Å². The summed E-state index contributed by atoms with van der Waals surface area (Å²) in [5.41, 5.74) is 12.2. The highest BCUT2D eigenvalue weighted by Gasteiger charge is 2.14. The molecule has 0 saturated heterocycles. The van der Waals surface area contributed by atoms with Crippen molar-refractivity contribution in [3.05, 3.63) is 29.6 Å². The predicted molar refractivity (Wildman–Crippen MR) is 59.5 cm³/mol. The molecule has 0 aliphatic heterocycles. The average Bonchev–Trinajstić information content (AvgIpc) is 2.67. The molecule has 6 nitrogen and oxygen atoms in total. The van der Waals surface area contributed by atoms with E-state index in [-0.39, 0.29) is 11.4 Å². The van der Waals surface area contributed by atoms with Crippen LogP contribution in [0.4, 0.5) is 5.82 Å². The van der Waals surface area contributed by atoms with E-state index >= 15 is 0 Å². The number of amides is 1. The lowest BCUT2D eigenvalue weighted by atomic mass is 10.2. The maximum absolute atomic E-state index is 11.1. The molecule has 0 radical (unpaired) electrons. The van der Waals surface area contributed by atoms with Gasteiger partial charge in [0.25, 0.3) is 5.91 Å². The number of primary amides is 1. The number of hydrogen-bond acceptors (Lipinski definition) is 4. The summed E-state index contributed by atoms with van der Waals surface area (Å²) in [6.07, 6.45) is 1.76. The predicted octanol–water partition coefficient (Wildman–Crippen LogP) is 0.461. The van der Waals surface area contributed by atoms with Crippen LogP contribution in [0.25, 0.3) is 11.5 Å². The van der Waals surface area contributed by atoms with Gasteiger partial charge >= 0.3 is 0 Å². The number of nitrogens with zero attached hydrogens (tertiary/aromatic N) is 2. The van der Waals surface area contributed by atoms with Crippen LogP contribution in [-0.2, 0) is 0 Å². The quantitative estimate of drug-likeness (QED) is 0.678. The van der Waals surface area contributed by atoms with E-state index in [4.69, 9.17) is 11.5 Å². The van der Waals surface area contributed by atoms with Gasteiger partial charge in [0, 0.05) is 6.20 Å². The molecule has 5 N–H and O–H groups in total. The molecular weight excluding hydrogens is 206 g/mol. The van der Waals surface area contributed by atoms with Crippen molar-refractivity contribution in [3.63, 3.8) is 0 Å². The highest BCUT2D eigenvalue weighted by Crippen LogP contribution is 2.18. The summed E-state index contributed by atoms with van der Waals surface area (Å²) in [7, 11) is 0. The van der Waals surface area contributed by atoms with Crippen molar-refractivity contribution in [2.24, 2.45) is 5.73 Å². The molecule has 0 bridgehead atoms. The third kappa shape index (κ3) is 1.60. The van der Waals surface area contributed by atoms with E-state index in [2.05, 4.69) is 15.0 Å². The highest BCUT2D eigenvalue weighted by atomic mass is 16.1. The SMILES string of the molecule is Cc1nc(-c2ccc[nH]2)nc(N)c1C(N)=O. The van der Waals surface area contributed by atoms with E-state index < -0.39 is 5.91 Å². The van der Waals surface area contributed by atoms with E-state index in [0.717, 1.165) is 5.69 Å². The smallest absolute Gasteiger partial charge is 0.254 e. The number of nitrogen functional groups attached to an aromatic ring is 1. The fraction of sp³-hybridized carbons (Fsp3) is 0.100. The summed E-state index contributed by atoms with van der Waals surface area (Å²) >= 11 is 0. The van der Waals surface area contributed by atoms with Gasteiger partial charge in [-0.15, -0.1) is 0 Å². The van der Waals surface area contributed by atoms with Gasteiger partial charge in [0.05, 0.1) is 11.4 Å². The zero-order chi connectivity index (χ0) is 11.7. The Morgan fingerprint density at radius 3 is 2.69 bits per heavy atom. The van der Waals surface area contributed by atoms with Gasteiger partial charge < -0.3 is 16.5 Å². The molecule has 0 aliphatic rings. The maximum Gasteiger partial charge on any atom is 0.254 e. The largest absolute Gasteiger partial charge is 0.383 e. The number of aromatic nitrogens is 3. The Morgan fingerprint density at radius 2 is 2.19 bits per heavy atom. The van der Waals surface area contributed by atoms with Crippen molar-refractivity contribution >= 4 is 11.7 Å². The Bertz CT molecular complexity index is 509. The summed E-state index contributed by atoms with van der Waals surface area (Å²) in [5.74, 6) is -0.0670. The maximum atomic E-state index is 11.1. The van der Waals surface area contributed by atoms with E-state index in [9.17, 15) is 4.79 Å². The van der Waals surface area contributed by atoms with Gasteiger partial charge in [-0.2, -0.15) is 0 Å². The van der Waals surface area contributed by atoms with Crippen molar-refractivity contribution in [2.45, 2.75) is 6.92 Å². The van der Waals surface area contributed by atoms with Crippen LogP contribution < -0.4 is 11.5 Å². The molecular formula is C10H11N5O. The van der Waals surface area contributed by atoms with E-state index in [1.54, 1.807) is 13.1 Å². The molecule has 2 rings (SSSR count). The molecule has 2 aromatic heterocycles. The molecule has 2 aromatic rings. The molecule has 0 saturated carbocycles. The average molecular weight is 217 g/mol. The highest BCUT2D eigenvalue weighted by molar-refractivity contribution is 5.98. The molecule has 0 aromatic carbocycles. The Morgan fingerprint density at radius 1 is 1.44 bits per heavy atom. The molecule has 16 heavy (non-hydrogen) atoms. The fourth-order valence-corrected chi connectivity index (χ4v) is 1.49. The first-order valence-electron chi connectivity index (χ1n) is 4.67. The number of aromatic amines is 1. The molecule has 0 fully saturated rings. The lowest BCUT2D eigenvalue weighted by Gasteiger charge is -2.06. The summed E-state index contributed by atoms with van der Waals surface area (Å²) < 4.78 is 0. The molecule has 0 aliphatic carbocycles. The van der Waals surface area contributed by atoms with Gasteiger partial charge in [-0.05, 0) is 19.1 Å². The van der Waals surface area contributed by atoms with Crippen LogP contribution in [0.15, 0.2) is 18.3 Å². The number of aryl methyl sites for hydroxylation is 1.